The maximum absolute atomic E-state index is 13.8. The van der Waals surface area contributed by atoms with Gasteiger partial charge in [-0.2, -0.15) is 0 Å². The molecule has 0 atom stereocenters. The van der Waals surface area contributed by atoms with E-state index in [0.717, 1.165) is 19.3 Å². The lowest BCUT2D eigenvalue weighted by molar-refractivity contribution is -0.121. The molecule has 0 unspecified atom stereocenters. The van der Waals surface area contributed by atoms with E-state index >= 15 is 0 Å². The predicted octanol–water partition coefficient (Wildman–Crippen LogP) is 3.99. The van der Waals surface area contributed by atoms with Crippen molar-refractivity contribution in [3.63, 3.8) is 0 Å². The summed E-state index contributed by atoms with van der Waals surface area (Å²) in [6, 6.07) is 10.9. The fraction of sp³-hybridized carbons (Fsp3) is 0.300. The molecule has 0 fully saturated rings. The molecule has 1 aliphatic heterocycles. The Morgan fingerprint density at radius 2 is 2.04 bits per heavy atom. The molecule has 26 heavy (non-hydrogen) atoms. The van der Waals surface area contributed by atoms with Gasteiger partial charge in [0.1, 0.15) is 11.6 Å². The number of halogens is 1. The normalized spacial score (nSPS) is 13.2. The van der Waals surface area contributed by atoms with E-state index in [4.69, 9.17) is 4.74 Å². The molecule has 0 bridgehead atoms. The van der Waals surface area contributed by atoms with Gasteiger partial charge in [0.15, 0.2) is 6.61 Å². The highest BCUT2D eigenvalue weighted by Gasteiger charge is 2.25. The number of carbonyl (C=O) groups excluding carboxylic acids is 2. The molecule has 6 heteroatoms. The number of anilines is 2. The zero-order valence-corrected chi connectivity index (χ0v) is 14.6. The maximum Gasteiger partial charge on any atom is 0.265 e. The number of ether oxygens (including phenoxy) is 1. The van der Waals surface area contributed by atoms with E-state index in [1.165, 1.54) is 18.2 Å². The molecule has 0 spiro atoms. The molecule has 3 rings (SSSR count). The Morgan fingerprint density at radius 1 is 1.23 bits per heavy atom. The van der Waals surface area contributed by atoms with Crippen LogP contribution in [0.5, 0.6) is 5.75 Å². The topological polar surface area (TPSA) is 58.6 Å². The van der Waals surface area contributed by atoms with Crippen LogP contribution in [-0.2, 0) is 4.79 Å². The van der Waals surface area contributed by atoms with Crippen molar-refractivity contribution in [2.24, 2.45) is 0 Å². The van der Waals surface area contributed by atoms with Crippen molar-refractivity contribution in [1.29, 1.82) is 0 Å². The van der Waals surface area contributed by atoms with Gasteiger partial charge in [0.25, 0.3) is 11.8 Å². The molecular formula is C20H21FN2O3. The molecule has 2 aromatic carbocycles. The molecule has 0 saturated heterocycles. The summed E-state index contributed by atoms with van der Waals surface area (Å²) in [4.78, 5) is 26.2. The first-order chi connectivity index (χ1) is 12.6. The van der Waals surface area contributed by atoms with Crippen molar-refractivity contribution in [3.8, 4) is 5.75 Å². The number of fused-ring (bicyclic) bond motifs is 1. The number of amides is 2. The molecule has 0 radical (unpaired) electrons. The van der Waals surface area contributed by atoms with Crippen molar-refractivity contribution in [2.75, 3.05) is 23.4 Å². The summed E-state index contributed by atoms with van der Waals surface area (Å²) in [6.45, 7) is 2.72. The van der Waals surface area contributed by atoms with Crippen LogP contribution in [0.25, 0.3) is 0 Å². The lowest BCUT2D eigenvalue weighted by Gasteiger charge is -2.30. The number of rotatable bonds is 6. The van der Waals surface area contributed by atoms with E-state index in [-0.39, 0.29) is 18.1 Å². The summed E-state index contributed by atoms with van der Waals surface area (Å²) in [5.74, 6) is -0.623. The summed E-state index contributed by atoms with van der Waals surface area (Å²) < 4.78 is 19.2. The monoisotopic (exact) mass is 356 g/mol. The van der Waals surface area contributed by atoms with Gasteiger partial charge < -0.3 is 15.0 Å². The number of carbonyl (C=O) groups is 2. The fourth-order valence-electron chi connectivity index (χ4n) is 2.89. The highest BCUT2D eigenvalue weighted by Crippen LogP contribution is 2.35. The zero-order chi connectivity index (χ0) is 18.5. The van der Waals surface area contributed by atoms with Gasteiger partial charge in [0, 0.05) is 12.2 Å². The molecule has 136 valence electrons. The highest BCUT2D eigenvalue weighted by molar-refractivity contribution is 6.05. The second-order valence-electron chi connectivity index (χ2n) is 6.16. The number of unbranched alkanes of at least 4 members (excludes halogenated alkanes) is 2. The average molecular weight is 356 g/mol. The first-order valence-corrected chi connectivity index (χ1v) is 8.73. The van der Waals surface area contributed by atoms with Gasteiger partial charge in [0.05, 0.1) is 11.3 Å². The number of nitrogens with zero attached hydrogens (tertiary/aromatic N) is 1. The predicted molar refractivity (Wildman–Crippen MR) is 98.2 cm³/mol. The number of nitrogens with one attached hydrogen (secondary N) is 1. The number of hydrogen-bond acceptors (Lipinski definition) is 3. The molecule has 5 nitrogen and oxygen atoms in total. The van der Waals surface area contributed by atoms with Gasteiger partial charge in [0.2, 0.25) is 0 Å². The molecule has 0 aromatic heterocycles. The Kier molecular flexibility index (Phi) is 5.51. The Morgan fingerprint density at radius 3 is 2.81 bits per heavy atom. The highest BCUT2D eigenvalue weighted by atomic mass is 19.1. The van der Waals surface area contributed by atoms with Gasteiger partial charge in [-0.05, 0) is 36.8 Å². The van der Waals surface area contributed by atoms with Crippen LogP contribution in [0.15, 0.2) is 42.5 Å². The summed E-state index contributed by atoms with van der Waals surface area (Å²) in [5, 5.41) is 2.68. The molecule has 0 aliphatic carbocycles. The third-order valence-corrected chi connectivity index (χ3v) is 4.26. The molecule has 0 saturated carbocycles. The van der Waals surface area contributed by atoms with Crippen LogP contribution >= 0.6 is 0 Å². The number of hydrogen-bond donors (Lipinski definition) is 1. The lowest BCUT2D eigenvalue weighted by Crippen LogP contribution is -2.39. The summed E-state index contributed by atoms with van der Waals surface area (Å²) >= 11 is 0. The smallest absolute Gasteiger partial charge is 0.265 e. The maximum atomic E-state index is 13.8. The van der Waals surface area contributed by atoms with Crippen LogP contribution in [0.4, 0.5) is 15.8 Å². The Balaban J connectivity index is 1.81. The average Bonchev–Trinajstić information content (AvgIpc) is 2.64. The largest absolute Gasteiger partial charge is 0.482 e. The van der Waals surface area contributed by atoms with Gasteiger partial charge in [-0.25, -0.2) is 4.39 Å². The third kappa shape index (κ3) is 3.85. The van der Waals surface area contributed by atoms with Gasteiger partial charge in [-0.1, -0.05) is 31.9 Å². The Bertz CT molecular complexity index is 822. The van der Waals surface area contributed by atoms with E-state index in [1.807, 2.05) is 0 Å². The van der Waals surface area contributed by atoms with E-state index in [9.17, 15) is 14.0 Å². The molecule has 2 aromatic rings. The van der Waals surface area contributed by atoms with Crippen LogP contribution in [-0.4, -0.2) is 25.0 Å². The first-order valence-electron chi connectivity index (χ1n) is 8.73. The van der Waals surface area contributed by atoms with Crippen molar-refractivity contribution >= 4 is 23.2 Å². The van der Waals surface area contributed by atoms with Crippen LogP contribution in [0.3, 0.4) is 0 Å². The summed E-state index contributed by atoms with van der Waals surface area (Å²) in [7, 11) is 0. The zero-order valence-electron chi connectivity index (χ0n) is 14.6. The van der Waals surface area contributed by atoms with E-state index < -0.39 is 11.7 Å². The minimum atomic E-state index is -0.581. The van der Waals surface area contributed by atoms with Gasteiger partial charge >= 0.3 is 0 Å². The number of benzene rings is 2. The van der Waals surface area contributed by atoms with Gasteiger partial charge in [-0.15, -0.1) is 0 Å². The summed E-state index contributed by atoms with van der Waals surface area (Å²) in [6.07, 6.45) is 2.99. The van der Waals surface area contributed by atoms with E-state index in [2.05, 4.69) is 12.2 Å². The second kappa shape index (κ2) is 7.99. The Labute approximate surface area is 151 Å². The second-order valence-corrected chi connectivity index (χ2v) is 6.16. The molecule has 1 heterocycles. The molecule has 2 amide bonds. The van der Waals surface area contributed by atoms with E-state index in [0.29, 0.717) is 23.7 Å². The Hall–Kier alpha value is -2.89. The quantitative estimate of drug-likeness (QED) is 0.796. The van der Waals surface area contributed by atoms with Crippen molar-refractivity contribution in [3.05, 3.63) is 53.8 Å². The lowest BCUT2D eigenvalue weighted by atomic mass is 10.1. The van der Waals surface area contributed by atoms with Crippen molar-refractivity contribution < 1.29 is 18.7 Å². The van der Waals surface area contributed by atoms with Crippen LogP contribution in [0.1, 0.15) is 36.5 Å². The SMILES string of the molecule is CCCCCN1C(=O)COc2ccc(NC(=O)c3ccccc3F)cc21. The molecule has 1 N–H and O–H groups in total. The van der Waals surface area contributed by atoms with Gasteiger partial charge in [-0.3, -0.25) is 9.59 Å². The first kappa shape index (κ1) is 17.9. The summed E-state index contributed by atoms with van der Waals surface area (Å²) in [5.41, 5.74) is 1.08. The molecular weight excluding hydrogens is 335 g/mol. The van der Waals surface area contributed by atoms with Crippen LogP contribution < -0.4 is 15.0 Å². The van der Waals surface area contributed by atoms with Crippen LogP contribution in [0.2, 0.25) is 0 Å². The fourth-order valence-corrected chi connectivity index (χ4v) is 2.89. The van der Waals surface area contributed by atoms with Crippen LogP contribution in [0, 0.1) is 5.82 Å². The van der Waals surface area contributed by atoms with Crippen molar-refractivity contribution in [2.45, 2.75) is 26.2 Å². The third-order valence-electron chi connectivity index (χ3n) is 4.26. The standard InChI is InChI=1S/C20H21FN2O3/c1-2-3-6-11-23-17-12-14(9-10-18(17)26-13-19(23)24)22-20(25)15-7-4-5-8-16(15)21/h4-5,7-10,12H,2-3,6,11,13H2,1H3,(H,22,25). The minimum Gasteiger partial charge on any atom is -0.482 e. The van der Waals surface area contributed by atoms with E-state index in [1.54, 1.807) is 29.2 Å². The minimum absolute atomic E-state index is 0.0139. The van der Waals surface area contributed by atoms with Crippen molar-refractivity contribution in [1.82, 2.24) is 0 Å². The molecule has 1 aliphatic rings.